The van der Waals surface area contributed by atoms with Gasteiger partial charge in [-0.1, -0.05) is 60.7 Å². The summed E-state index contributed by atoms with van der Waals surface area (Å²) in [7, 11) is 0. The van der Waals surface area contributed by atoms with Crippen LogP contribution in [0.5, 0.6) is 0 Å². The maximum Gasteiger partial charge on any atom is 0.184 e. The molecule has 2 atom stereocenters. The monoisotopic (exact) mass is 507 g/mol. The maximum absolute atomic E-state index is 13.7. The molecule has 0 bridgehead atoms. The lowest BCUT2D eigenvalue weighted by atomic mass is 9.69. The number of allylic oxidation sites excluding steroid dienone is 1. The summed E-state index contributed by atoms with van der Waals surface area (Å²) >= 11 is 1.85. The van der Waals surface area contributed by atoms with Crippen molar-refractivity contribution in [3.05, 3.63) is 93.9 Å². The van der Waals surface area contributed by atoms with E-state index < -0.39 is 5.54 Å². The van der Waals surface area contributed by atoms with Crippen LogP contribution in [0.2, 0.25) is 0 Å². The van der Waals surface area contributed by atoms with Gasteiger partial charge in [0.15, 0.2) is 5.78 Å². The zero-order valence-corrected chi connectivity index (χ0v) is 21.8. The molecular weight excluding hydrogens is 474 g/mol. The second-order valence-corrected chi connectivity index (χ2v) is 11.3. The number of halogens is 1. The molecule has 0 saturated carbocycles. The van der Waals surface area contributed by atoms with Gasteiger partial charge in [-0.15, -0.1) is 24.2 Å². The summed E-state index contributed by atoms with van der Waals surface area (Å²) in [5.74, 6) is 1.44. The zero-order chi connectivity index (χ0) is 23.0. The van der Waals surface area contributed by atoms with E-state index in [1.54, 1.807) is 0 Å². The van der Waals surface area contributed by atoms with Crippen LogP contribution in [0.1, 0.15) is 55.2 Å². The molecule has 1 fully saturated rings. The van der Waals surface area contributed by atoms with Crippen LogP contribution < -0.4 is 0 Å². The number of carbonyl (C=O) groups is 1. The number of Topliss-reactive ketones (excluding diaryl/α,β-unsaturated/α-hetero) is 1. The van der Waals surface area contributed by atoms with Crippen molar-refractivity contribution in [3.63, 3.8) is 0 Å². The molecule has 0 radical (unpaired) electrons. The van der Waals surface area contributed by atoms with Gasteiger partial charge in [-0.2, -0.15) is 0 Å². The lowest BCUT2D eigenvalue weighted by Crippen LogP contribution is -2.57. The SMILES string of the molecule is Cl.O=C1C2=C(C=CC13CCCCN3CCCC1(c3ccccc3)COCc3ccccc31)SCC2. The quantitative estimate of drug-likeness (QED) is 0.464. The average Bonchev–Trinajstić information content (AvgIpc) is 3.38. The summed E-state index contributed by atoms with van der Waals surface area (Å²) < 4.78 is 6.20. The number of fused-ring (bicyclic) bond motifs is 1. The molecular formula is C30H34ClNO2S. The zero-order valence-electron chi connectivity index (χ0n) is 20.2. The molecule has 0 amide bonds. The first-order valence-corrected chi connectivity index (χ1v) is 13.8. The predicted molar refractivity (Wildman–Crippen MR) is 146 cm³/mol. The third-order valence-corrected chi connectivity index (χ3v) is 9.48. The fourth-order valence-corrected chi connectivity index (χ4v) is 7.71. The number of hydrogen-bond donors (Lipinski definition) is 0. The fraction of sp³-hybridized carbons (Fsp3) is 0.433. The highest BCUT2D eigenvalue weighted by molar-refractivity contribution is 8.03. The molecule has 0 aromatic heterocycles. The Morgan fingerprint density at radius 2 is 1.86 bits per heavy atom. The van der Waals surface area contributed by atoms with Crippen molar-refractivity contribution in [1.82, 2.24) is 4.90 Å². The summed E-state index contributed by atoms with van der Waals surface area (Å²) in [4.78, 5) is 17.5. The topological polar surface area (TPSA) is 29.5 Å². The molecule has 184 valence electrons. The van der Waals surface area contributed by atoms with Crippen LogP contribution in [0, 0.1) is 0 Å². The Balaban J connectivity index is 0.00000253. The molecule has 3 aliphatic heterocycles. The highest BCUT2D eigenvalue weighted by atomic mass is 35.5. The predicted octanol–water partition coefficient (Wildman–Crippen LogP) is 6.46. The molecule has 4 aliphatic rings. The number of ether oxygens (including phenoxy) is 1. The van der Waals surface area contributed by atoms with Crippen molar-refractivity contribution < 1.29 is 9.53 Å². The number of carbonyl (C=O) groups excluding carboxylic acids is 1. The Morgan fingerprint density at radius 3 is 2.74 bits per heavy atom. The molecule has 35 heavy (non-hydrogen) atoms. The van der Waals surface area contributed by atoms with Gasteiger partial charge in [0.2, 0.25) is 0 Å². The van der Waals surface area contributed by atoms with Crippen LogP contribution in [0.3, 0.4) is 0 Å². The Kier molecular flexibility index (Phi) is 7.28. The van der Waals surface area contributed by atoms with Crippen LogP contribution in [0.15, 0.2) is 77.2 Å². The van der Waals surface area contributed by atoms with Crippen molar-refractivity contribution in [3.8, 4) is 0 Å². The summed E-state index contributed by atoms with van der Waals surface area (Å²) in [6, 6.07) is 19.7. The van der Waals surface area contributed by atoms with E-state index in [2.05, 4.69) is 71.6 Å². The Bertz CT molecular complexity index is 1150. The first-order chi connectivity index (χ1) is 16.7. The van der Waals surface area contributed by atoms with Gasteiger partial charge in [-0.05, 0) is 74.4 Å². The van der Waals surface area contributed by atoms with Crippen LogP contribution in [0.4, 0.5) is 0 Å². The van der Waals surface area contributed by atoms with Gasteiger partial charge in [0.1, 0.15) is 5.54 Å². The average molecular weight is 508 g/mol. The Morgan fingerprint density at radius 1 is 1.03 bits per heavy atom. The number of thioether (sulfide) groups is 1. The number of hydrogen-bond acceptors (Lipinski definition) is 4. The van der Waals surface area contributed by atoms with Crippen LogP contribution in [0.25, 0.3) is 0 Å². The summed E-state index contributed by atoms with van der Waals surface area (Å²) in [5, 5.41) is 0. The lowest BCUT2D eigenvalue weighted by Gasteiger charge is -2.46. The minimum Gasteiger partial charge on any atom is -0.375 e. The summed E-state index contributed by atoms with van der Waals surface area (Å²) in [5.41, 5.74) is 4.59. The van der Waals surface area contributed by atoms with Crippen molar-refractivity contribution in [1.29, 1.82) is 0 Å². The summed E-state index contributed by atoms with van der Waals surface area (Å²) in [6.07, 6.45) is 10.8. The highest BCUT2D eigenvalue weighted by Crippen LogP contribution is 2.45. The smallest absolute Gasteiger partial charge is 0.184 e. The van der Waals surface area contributed by atoms with Gasteiger partial charge in [-0.3, -0.25) is 9.69 Å². The van der Waals surface area contributed by atoms with Crippen LogP contribution in [-0.2, 0) is 21.6 Å². The Labute approximate surface area is 219 Å². The minimum absolute atomic E-state index is 0. The molecule has 3 nitrogen and oxygen atoms in total. The van der Waals surface area contributed by atoms with E-state index in [9.17, 15) is 4.79 Å². The van der Waals surface area contributed by atoms with E-state index in [-0.39, 0.29) is 17.8 Å². The Hall–Kier alpha value is -1.85. The van der Waals surface area contributed by atoms with Gasteiger partial charge in [0.05, 0.1) is 13.2 Å². The van der Waals surface area contributed by atoms with Crippen molar-refractivity contribution in [2.45, 2.75) is 56.1 Å². The first kappa shape index (κ1) is 24.8. The minimum atomic E-state index is -0.414. The van der Waals surface area contributed by atoms with E-state index in [0.29, 0.717) is 19.0 Å². The van der Waals surface area contributed by atoms with E-state index in [0.717, 1.165) is 56.5 Å². The number of piperidine rings is 1. The van der Waals surface area contributed by atoms with Gasteiger partial charge >= 0.3 is 0 Å². The largest absolute Gasteiger partial charge is 0.375 e. The second-order valence-electron chi connectivity index (χ2n) is 10.2. The molecule has 0 N–H and O–H groups in total. The maximum atomic E-state index is 13.7. The second kappa shape index (κ2) is 10.3. The van der Waals surface area contributed by atoms with Crippen molar-refractivity contribution in [2.75, 3.05) is 25.4 Å². The molecule has 2 aromatic rings. The molecule has 3 heterocycles. The molecule has 2 unspecified atom stereocenters. The molecule has 2 aromatic carbocycles. The van der Waals surface area contributed by atoms with E-state index in [1.165, 1.54) is 28.0 Å². The molecule has 5 heteroatoms. The van der Waals surface area contributed by atoms with Gasteiger partial charge < -0.3 is 4.74 Å². The number of nitrogens with zero attached hydrogens (tertiary/aromatic N) is 1. The lowest BCUT2D eigenvalue weighted by molar-refractivity contribution is -0.126. The van der Waals surface area contributed by atoms with Gasteiger partial charge in [0, 0.05) is 21.6 Å². The van der Waals surface area contributed by atoms with Crippen LogP contribution >= 0.6 is 24.2 Å². The number of benzene rings is 2. The summed E-state index contributed by atoms with van der Waals surface area (Å²) in [6.45, 7) is 3.36. The van der Waals surface area contributed by atoms with Crippen molar-refractivity contribution in [2.24, 2.45) is 0 Å². The standard InChI is InChI=1S/C30H33NO2S.ClH/c32-28-25-14-20-34-27(25)13-17-30(28)16-6-7-18-31(30)19-8-15-29(24-10-2-1-3-11-24)22-33-21-23-9-4-5-12-26(23)29;/h1-5,9-13,17H,6-8,14-16,18-22H2;1H. The van der Waals surface area contributed by atoms with Gasteiger partial charge in [0.25, 0.3) is 0 Å². The molecule has 1 aliphatic carbocycles. The number of ketones is 1. The van der Waals surface area contributed by atoms with Gasteiger partial charge in [-0.25, -0.2) is 0 Å². The molecule has 1 spiro atoms. The highest BCUT2D eigenvalue weighted by Gasteiger charge is 2.47. The molecule has 1 saturated heterocycles. The third kappa shape index (κ3) is 4.23. The number of rotatable bonds is 5. The van der Waals surface area contributed by atoms with E-state index >= 15 is 0 Å². The number of likely N-dealkylation sites (tertiary alicyclic amines) is 1. The molecule has 6 rings (SSSR count). The fourth-order valence-electron chi connectivity index (χ4n) is 6.65. The van der Waals surface area contributed by atoms with E-state index in [4.69, 9.17) is 4.74 Å². The normalized spacial score (nSPS) is 28.1. The van der Waals surface area contributed by atoms with Crippen molar-refractivity contribution >= 4 is 30.0 Å². The third-order valence-electron chi connectivity index (χ3n) is 8.38. The van der Waals surface area contributed by atoms with Crippen LogP contribution in [-0.4, -0.2) is 41.7 Å². The first-order valence-electron chi connectivity index (χ1n) is 12.8. The van der Waals surface area contributed by atoms with E-state index in [1.807, 2.05) is 11.8 Å².